The molecule has 3 N–H and O–H groups in total. The number of rotatable bonds is 3. The van der Waals surface area contributed by atoms with Crippen LogP contribution in [0.15, 0.2) is 30.3 Å². The van der Waals surface area contributed by atoms with Gasteiger partial charge in [-0.2, -0.15) is 0 Å². The van der Waals surface area contributed by atoms with Gasteiger partial charge in [0.05, 0.1) is 0 Å². The molecule has 3 rings (SSSR count). The van der Waals surface area contributed by atoms with Crippen LogP contribution >= 0.6 is 0 Å². The van der Waals surface area contributed by atoms with Crippen LogP contribution in [-0.2, 0) is 4.79 Å². The zero-order valence-corrected chi connectivity index (χ0v) is 11.8. The van der Waals surface area contributed by atoms with Crippen LogP contribution in [0.5, 0.6) is 0 Å². The molecule has 2 heterocycles. The summed E-state index contributed by atoms with van der Waals surface area (Å²) in [5.74, 6) is -0.0485. The molecule has 0 saturated carbocycles. The van der Waals surface area contributed by atoms with Crippen molar-refractivity contribution in [1.29, 1.82) is 0 Å². The van der Waals surface area contributed by atoms with Gasteiger partial charge >= 0.3 is 0 Å². The topological polar surface area (TPSA) is 58.4 Å². The number of hydrogen-bond donors (Lipinski definition) is 2. The van der Waals surface area contributed by atoms with E-state index in [-0.39, 0.29) is 11.9 Å². The molecule has 3 atom stereocenters. The fourth-order valence-corrected chi connectivity index (χ4v) is 3.46. The Labute approximate surface area is 120 Å². The molecule has 2 aliphatic rings. The monoisotopic (exact) mass is 273 g/mol. The number of fused-ring (bicyclic) bond motifs is 1. The highest BCUT2D eigenvalue weighted by molar-refractivity contribution is 5.83. The average Bonchev–Trinajstić information content (AvgIpc) is 2.95. The van der Waals surface area contributed by atoms with Gasteiger partial charge in [0.2, 0.25) is 5.91 Å². The Morgan fingerprint density at radius 2 is 2.05 bits per heavy atom. The lowest BCUT2D eigenvalue weighted by Gasteiger charge is -2.35. The molecule has 0 aliphatic carbocycles. The minimum Gasteiger partial charge on any atom is -0.352 e. The number of amides is 1. The van der Waals surface area contributed by atoms with Crippen molar-refractivity contribution in [2.24, 2.45) is 5.73 Å². The Balaban J connectivity index is 1.56. The summed E-state index contributed by atoms with van der Waals surface area (Å²) in [6, 6.07) is 9.98. The third-order valence-electron chi connectivity index (χ3n) is 4.61. The van der Waals surface area contributed by atoms with E-state index < -0.39 is 6.04 Å². The van der Waals surface area contributed by atoms with Crippen molar-refractivity contribution in [1.82, 2.24) is 10.2 Å². The minimum absolute atomic E-state index is 0.0485. The van der Waals surface area contributed by atoms with Gasteiger partial charge in [0.25, 0.3) is 0 Å². The van der Waals surface area contributed by atoms with Crippen molar-refractivity contribution in [2.45, 2.75) is 43.8 Å². The quantitative estimate of drug-likeness (QED) is 0.876. The fraction of sp³-hybridized carbons (Fsp3) is 0.562. The van der Waals surface area contributed by atoms with Gasteiger partial charge in [-0.25, -0.2) is 0 Å². The lowest BCUT2D eigenvalue weighted by molar-refractivity contribution is -0.123. The lowest BCUT2D eigenvalue weighted by Crippen LogP contribution is -2.49. The van der Waals surface area contributed by atoms with E-state index in [0.29, 0.717) is 6.04 Å². The number of benzene rings is 1. The normalized spacial score (nSPS) is 27.9. The summed E-state index contributed by atoms with van der Waals surface area (Å²) in [6.45, 7) is 2.34. The molecule has 20 heavy (non-hydrogen) atoms. The van der Waals surface area contributed by atoms with Crippen LogP contribution < -0.4 is 11.1 Å². The third kappa shape index (κ3) is 2.86. The molecule has 4 heteroatoms. The number of hydrogen-bond acceptors (Lipinski definition) is 3. The molecule has 0 aromatic heterocycles. The van der Waals surface area contributed by atoms with Crippen LogP contribution in [0.2, 0.25) is 0 Å². The maximum atomic E-state index is 12.3. The van der Waals surface area contributed by atoms with Crippen molar-refractivity contribution in [3.8, 4) is 0 Å². The van der Waals surface area contributed by atoms with Gasteiger partial charge in [-0.05, 0) is 37.8 Å². The predicted molar refractivity (Wildman–Crippen MR) is 79.1 cm³/mol. The summed E-state index contributed by atoms with van der Waals surface area (Å²) in [6.07, 6.45) is 4.70. The molecule has 2 saturated heterocycles. The second-order valence-corrected chi connectivity index (χ2v) is 5.95. The summed E-state index contributed by atoms with van der Waals surface area (Å²) < 4.78 is 0. The number of nitrogens with one attached hydrogen (secondary N) is 1. The van der Waals surface area contributed by atoms with Gasteiger partial charge < -0.3 is 16.0 Å². The van der Waals surface area contributed by atoms with E-state index in [2.05, 4.69) is 10.2 Å². The molecule has 0 spiro atoms. The molecule has 0 radical (unpaired) electrons. The third-order valence-corrected chi connectivity index (χ3v) is 4.61. The Kier molecular flexibility index (Phi) is 4.03. The zero-order valence-electron chi connectivity index (χ0n) is 11.8. The number of piperidine rings is 1. The average molecular weight is 273 g/mol. The van der Waals surface area contributed by atoms with Crippen LogP contribution in [0.25, 0.3) is 0 Å². The second-order valence-electron chi connectivity index (χ2n) is 5.95. The highest BCUT2D eigenvalue weighted by Gasteiger charge is 2.32. The van der Waals surface area contributed by atoms with Gasteiger partial charge in [-0.3, -0.25) is 4.79 Å². The lowest BCUT2D eigenvalue weighted by atomic mass is 9.97. The molecule has 2 fully saturated rings. The number of nitrogens with zero attached hydrogens (tertiary/aromatic N) is 1. The molecule has 4 nitrogen and oxygen atoms in total. The summed E-state index contributed by atoms with van der Waals surface area (Å²) >= 11 is 0. The molecule has 1 aromatic carbocycles. The van der Waals surface area contributed by atoms with Crippen molar-refractivity contribution < 1.29 is 4.79 Å². The fourth-order valence-electron chi connectivity index (χ4n) is 3.46. The van der Waals surface area contributed by atoms with Gasteiger partial charge in [0.15, 0.2) is 0 Å². The van der Waals surface area contributed by atoms with E-state index in [1.54, 1.807) is 0 Å². The van der Waals surface area contributed by atoms with Gasteiger partial charge in [0, 0.05) is 18.6 Å². The highest BCUT2D eigenvalue weighted by atomic mass is 16.2. The molecule has 0 bridgehead atoms. The van der Waals surface area contributed by atoms with E-state index in [1.165, 1.54) is 19.4 Å². The standard InChI is InChI=1S/C16H23N3O/c17-15(12-5-2-1-3-6-12)16(20)18-13-8-10-19-9-4-7-14(19)11-13/h1-3,5-6,13-15H,4,7-11,17H2,(H,18,20)/t13?,14?,15-/m1/s1. The second kappa shape index (κ2) is 5.94. The van der Waals surface area contributed by atoms with Gasteiger partial charge in [-0.1, -0.05) is 30.3 Å². The highest BCUT2D eigenvalue weighted by Crippen LogP contribution is 2.27. The number of carbonyl (C=O) groups is 1. The van der Waals surface area contributed by atoms with E-state index >= 15 is 0 Å². The molecule has 2 aliphatic heterocycles. The van der Waals surface area contributed by atoms with Gasteiger partial charge in [-0.15, -0.1) is 0 Å². The van der Waals surface area contributed by atoms with E-state index in [4.69, 9.17) is 5.73 Å². The largest absolute Gasteiger partial charge is 0.352 e. The smallest absolute Gasteiger partial charge is 0.241 e. The minimum atomic E-state index is -0.558. The molecule has 108 valence electrons. The summed E-state index contributed by atoms with van der Waals surface area (Å²) in [5.41, 5.74) is 6.92. The summed E-state index contributed by atoms with van der Waals surface area (Å²) in [4.78, 5) is 14.8. The van der Waals surface area contributed by atoms with Gasteiger partial charge in [0.1, 0.15) is 6.04 Å². The predicted octanol–water partition coefficient (Wildman–Crippen LogP) is 1.43. The first-order chi connectivity index (χ1) is 9.74. The van der Waals surface area contributed by atoms with Crippen molar-refractivity contribution in [3.05, 3.63) is 35.9 Å². The first-order valence-corrected chi connectivity index (χ1v) is 7.59. The Morgan fingerprint density at radius 1 is 1.25 bits per heavy atom. The van der Waals surface area contributed by atoms with E-state index in [9.17, 15) is 4.79 Å². The first kappa shape index (κ1) is 13.6. The Morgan fingerprint density at radius 3 is 2.85 bits per heavy atom. The number of nitrogens with two attached hydrogens (primary N) is 1. The number of carbonyl (C=O) groups excluding carboxylic acids is 1. The van der Waals surface area contributed by atoms with E-state index in [1.807, 2.05) is 30.3 Å². The van der Waals surface area contributed by atoms with E-state index in [0.717, 1.165) is 24.9 Å². The summed E-state index contributed by atoms with van der Waals surface area (Å²) in [5, 5.41) is 3.14. The van der Waals surface area contributed by atoms with Crippen LogP contribution in [0.3, 0.4) is 0 Å². The molecule has 1 aromatic rings. The van der Waals surface area contributed by atoms with Crippen molar-refractivity contribution >= 4 is 5.91 Å². The van der Waals surface area contributed by atoms with Crippen LogP contribution in [0.1, 0.15) is 37.3 Å². The Hall–Kier alpha value is -1.39. The zero-order chi connectivity index (χ0) is 13.9. The summed E-state index contributed by atoms with van der Waals surface area (Å²) in [7, 11) is 0. The maximum absolute atomic E-state index is 12.3. The van der Waals surface area contributed by atoms with Crippen LogP contribution in [0, 0.1) is 0 Å². The molecule has 1 amide bonds. The molecular weight excluding hydrogens is 250 g/mol. The Bertz CT molecular complexity index is 462. The first-order valence-electron chi connectivity index (χ1n) is 7.59. The molecule has 2 unspecified atom stereocenters. The van der Waals surface area contributed by atoms with Crippen LogP contribution in [0.4, 0.5) is 0 Å². The SMILES string of the molecule is N[C@@H](C(=O)NC1CCN2CCCC2C1)c1ccccc1. The van der Waals surface area contributed by atoms with Crippen LogP contribution in [-0.4, -0.2) is 36.0 Å². The van der Waals surface area contributed by atoms with Crippen molar-refractivity contribution in [2.75, 3.05) is 13.1 Å². The molecular formula is C16H23N3O. The van der Waals surface area contributed by atoms with Crippen molar-refractivity contribution in [3.63, 3.8) is 0 Å². The maximum Gasteiger partial charge on any atom is 0.241 e.